The average molecular weight is 530 g/mol. The molecule has 0 saturated carbocycles. The number of hydrogen-bond donors (Lipinski definition) is 4. The Morgan fingerprint density at radius 3 is 2.38 bits per heavy atom. The van der Waals surface area contributed by atoms with Crippen molar-refractivity contribution in [1.29, 1.82) is 0 Å². The predicted octanol–water partition coefficient (Wildman–Crippen LogP) is 4.80. The number of halogens is 2. The number of hydrogen-bond acceptors (Lipinski definition) is 6. The molecular formula is C29H20F2N2O6. The monoisotopic (exact) mass is 530 g/mol. The number of carbonyl (C=O) groups is 2. The van der Waals surface area contributed by atoms with Gasteiger partial charge in [-0.05, 0) is 53.9 Å². The Kier molecular flexibility index (Phi) is 6.45. The van der Waals surface area contributed by atoms with Gasteiger partial charge >= 0.3 is 5.97 Å². The zero-order chi connectivity index (χ0) is 27.8. The van der Waals surface area contributed by atoms with E-state index in [-0.39, 0.29) is 51.1 Å². The fraction of sp³-hybridized carbons (Fsp3) is 0.0690. The van der Waals surface area contributed by atoms with Gasteiger partial charge in [0.1, 0.15) is 11.3 Å². The van der Waals surface area contributed by atoms with Gasteiger partial charge < -0.3 is 25.7 Å². The lowest BCUT2D eigenvalue weighted by Crippen LogP contribution is -2.26. The number of nitrogens with one attached hydrogen (secondary N) is 1. The molecule has 0 saturated heterocycles. The molecule has 0 bridgehead atoms. The van der Waals surface area contributed by atoms with Gasteiger partial charge in [0.05, 0.1) is 5.56 Å². The van der Waals surface area contributed by atoms with E-state index in [1.165, 1.54) is 12.1 Å². The first kappa shape index (κ1) is 25.4. The molecule has 2 aliphatic rings. The Bertz CT molecular complexity index is 1800. The van der Waals surface area contributed by atoms with Gasteiger partial charge in [0.25, 0.3) is 5.91 Å². The van der Waals surface area contributed by atoms with E-state index in [0.717, 1.165) is 35.9 Å². The molecule has 0 unspecified atom stereocenters. The quantitative estimate of drug-likeness (QED) is 0.182. The Labute approximate surface area is 219 Å². The summed E-state index contributed by atoms with van der Waals surface area (Å²) in [5, 5.41) is 22.6. The average Bonchev–Trinajstić information content (AvgIpc) is 2.90. The molecule has 8 nitrogen and oxygen atoms in total. The van der Waals surface area contributed by atoms with Gasteiger partial charge in [-0.3, -0.25) is 9.59 Å². The van der Waals surface area contributed by atoms with Crippen LogP contribution in [0.2, 0.25) is 0 Å². The highest BCUT2D eigenvalue weighted by molar-refractivity contribution is 6.09. The lowest BCUT2D eigenvalue weighted by Gasteiger charge is -2.17. The number of phenolic OH excluding ortho intramolecular Hbond substituents is 1. The Hall–Kier alpha value is -5.25. The van der Waals surface area contributed by atoms with Gasteiger partial charge in [0.15, 0.2) is 17.4 Å². The number of benzene rings is 4. The van der Waals surface area contributed by atoms with Gasteiger partial charge in [-0.1, -0.05) is 18.2 Å². The molecule has 5 N–H and O–H groups in total. The van der Waals surface area contributed by atoms with Crippen LogP contribution in [0, 0.1) is 11.6 Å². The number of nitrogens with two attached hydrogens (primary N) is 1. The number of anilines is 1. The molecule has 196 valence electrons. The molecule has 1 amide bonds. The number of carboxylic acid groups (broad SMARTS) is 1. The van der Waals surface area contributed by atoms with E-state index in [1.54, 1.807) is 12.1 Å². The zero-order valence-corrected chi connectivity index (χ0v) is 20.1. The lowest BCUT2D eigenvalue weighted by molar-refractivity contribution is 0.0697. The molecule has 3 aromatic rings. The van der Waals surface area contributed by atoms with Crippen molar-refractivity contribution in [2.24, 2.45) is 0 Å². The maximum absolute atomic E-state index is 14.4. The van der Waals surface area contributed by atoms with Gasteiger partial charge in [0.2, 0.25) is 5.43 Å². The second-order valence-electron chi connectivity index (χ2n) is 8.87. The van der Waals surface area contributed by atoms with Crippen molar-refractivity contribution in [2.45, 2.75) is 6.42 Å². The van der Waals surface area contributed by atoms with Crippen molar-refractivity contribution in [2.75, 3.05) is 12.3 Å². The molecule has 0 fully saturated rings. The van der Waals surface area contributed by atoms with Crippen molar-refractivity contribution in [3.05, 3.63) is 105 Å². The number of fused-ring (bicyclic) bond motifs is 2. The molecule has 0 aromatic heterocycles. The summed E-state index contributed by atoms with van der Waals surface area (Å²) in [6, 6.07) is 14.7. The summed E-state index contributed by atoms with van der Waals surface area (Å²) in [6.07, 6.45) is 0.521. The van der Waals surface area contributed by atoms with Crippen molar-refractivity contribution < 1.29 is 33.0 Å². The summed E-state index contributed by atoms with van der Waals surface area (Å²) in [4.78, 5) is 37.0. The predicted molar refractivity (Wildman–Crippen MR) is 140 cm³/mol. The minimum absolute atomic E-state index is 0.00730. The highest BCUT2D eigenvalue weighted by Gasteiger charge is 2.25. The number of phenols is 1. The van der Waals surface area contributed by atoms with Crippen LogP contribution < -0.4 is 16.5 Å². The van der Waals surface area contributed by atoms with Crippen LogP contribution in [0.3, 0.4) is 0 Å². The minimum atomic E-state index is -1.40. The molecular weight excluding hydrogens is 510 g/mol. The van der Waals surface area contributed by atoms with E-state index in [9.17, 15) is 33.4 Å². The Morgan fingerprint density at radius 1 is 0.923 bits per heavy atom. The first-order chi connectivity index (χ1) is 18.6. The van der Waals surface area contributed by atoms with Crippen molar-refractivity contribution >= 4 is 28.5 Å². The maximum Gasteiger partial charge on any atom is 0.336 e. The number of rotatable bonds is 6. The number of aromatic hydroxyl groups is 1. The van der Waals surface area contributed by atoms with E-state index in [4.69, 9.17) is 10.2 Å². The van der Waals surface area contributed by atoms with E-state index < -0.39 is 34.7 Å². The van der Waals surface area contributed by atoms with E-state index in [1.807, 2.05) is 12.1 Å². The summed E-state index contributed by atoms with van der Waals surface area (Å²) in [7, 11) is 0. The summed E-state index contributed by atoms with van der Waals surface area (Å²) in [5.74, 6) is -4.89. The first-order valence-corrected chi connectivity index (χ1v) is 11.7. The topological polar surface area (TPSA) is 143 Å². The molecule has 10 heteroatoms. The second-order valence-corrected chi connectivity index (χ2v) is 8.87. The van der Waals surface area contributed by atoms with Crippen molar-refractivity contribution in [3.63, 3.8) is 0 Å². The molecule has 0 atom stereocenters. The summed E-state index contributed by atoms with van der Waals surface area (Å²) >= 11 is 0. The summed E-state index contributed by atoms with van der Waals surface area (Å²) in [5.41, 5.74) is 6.03. The number of nitrogen functional groups attached to an aromatic ring is 1. The third-order valence-corrected chi connectivity index (χ3v) is 6.30. The fourth-order valence-corrected chi connectivity index (χ4v) is 4.38. The van der Waals surface area contributed by atoms with Crippen molar-refractivity contribution in [3.8, 4) is 28.2 Å². The van der Waals surface area contributed by atoms with Crippen LogP contribution in [0.5, 0.6) is 5.75 Å². The van der Waals surface area contributed by atoms with Crippen molar-refractivity contribution in [1.82, 2.24) is 5.32 Å². The maximum atomic E-state index is 14.4. The molecule has 3 aromatic carbocycles. The second kappa shape index (κ2) is 9.90. The molecule has 39 heavy (non-hydrogen) atoms. The zero-order valence-electron chi connectivity index (χ0n) is 20.1. The third kappa shape index (κ3) is 4.87. The van der Waals surface area contributed by atoms with Crippen LogP contribution in [-0.4, -0.2) is 28.6 Å². The number of aromatic carboxylic acids is 1. The van der Waals surface area contributed by atoms with Gasteiger partial charge in [-0.2, -0.15) is 0 Å². The molecule has 0 spiro atoms. The normalized spacial score (nSPS) is 11.1. The molecule has 1 aliphatic heterocycles. The first-order valence-electron chi connectivity index (χ1n) is 11.7. The van der Waals surface area contributed by atoms with E-state index in [0.29, 0.717) is 12.1 Å². The lowest BCUT2D eigenvalue weighted by atomic mass is 9.89. The van der Waals surface area contributed by atoms with Crippen LogP contribution in [-0.2, 0) is 6.42 Å². The van der Waals surface area contributed by atoms with Crippen LogP contribution in [0.15, 0.2) is 75.9 Å². The standard InChI is InChI=1S/C29H20F2N2O6/c30-21-10-19-25(12-23(21)34)39-26-13-24(35)22(31)11-20(26)27(19)17-6-3-15(9-18(17)29(37)38)28(36)33-8-7-14-1-4-16(32)5-2-14/h1-6,9-13,34H,7-8,32H2,(H,33,36)(H,37,38). The summed E-state index contributed by atoms with van der Waals surface area (Å²) < 4.78 is 34.3. The van der Waals surface area contributed by atoms with Gasteiger partial charge in [0, 0.05) is 46.4 Å². The third-order valence-electron chi connectivity index (χ3n) is 6.30. The van der Waals surface area contributed by atoms with E-state index in [2.05, 4.69) is 5.32 Å². The van der Waals surface area contributed by atoms with Crippen LogP contribution in [0.1, 0.15) is 26.3 Å². The van der Waals surface area contributed by atoms with Crippen LogP contribution in [0.4, 0.5) is 14.5 Å². The van der Waals surface area contributed by atoms with Crippen LogP contribution in [0.25, 0.3) is 33.4 Å². The largest absolute Gasteiger partial charge is 0.505 e. The molecule has 1 aliphatic carbocycles. The number of carbonyl (C=O) groups excluding carboxylic acids is 1. The molecule has 0 radical (unpaired) electrons. The Morgan fingerprint density at radius 2 is 1.67 bits per heavy atom. The van der Waals surface area contributed by atoms with Gasteiger partial charge in [-0.25, -0.2) is 13.6 Å². The van der Waals surface area contributed by atoms with E-state index >= 15 is 0 Å². The van der Waals surface area contributed by atoms with Gasteiger partial charge in [-0.15, -0.1) is 0 Å². The number of amides is 1. The summed E-state index contributed by atoms with van der Waals surface area (Å²) in [6.45, 7) is 0.280. The smallest absolute Gasteiger partial charge is 0.336 e. The SMILES string of the molecule is Nc1ccc(CCNC(=O)c2ccc(-c3c4cc(F)c(=O)cc-4oc4cc(O)c(F)cc34)c(C(=O)O)c2)cc1. The molecule has 5 rings (SSSR count). The number of carboxylic acids is 1. The van der Waals surface area contributed by atoms with Crippen LogP contribution >= 0.6 is 0 Å². The highest BCUT2D eigenvalue weighted by atomic mass is 19.1. The highest BCUT2D eigenvalue weighted by Crippen LogP contribution is 2.43. The minimum Gasteiger partial charge on any atom is -0.505 e. The fourth-order valence-electron chi connectivity index (χ4n) is 4.38. The Balaban J connectivity index is 1.59. The molecule has 1 heterocycles.